The molecule has 0 spiro atoms. The van der Waals surface area contributed by atoms with Crippen LogP contribution in [0.2, 0.25) is 0 Å². The molecule has 18 heavy (non-hydrogen) atoms. The third-order valence-electron chi connectivity index (χ3n) is 3.40. The normalized spacial score (nSPS) is 20.6. The molecule has 0 saturated carbocycles. The summed E-state index contributed by atoms with van der Waals surface area (Å²) in [5.41, 5.74) is 1.19. The van der Waals surface area contributed by atoms with Crippen LogP contribution in [0.3, 0.4) is 0 Å². The number of carbonyl (C=O) groups is 1. The number of rotatable bonds is 5. The molecule has 3 nitrogen and oxygen atoms in total. The van der Waals surface area contributed by atoms with Gasteiger partial charge in [-0.15, -0.1) is 0 Å². The Morgan fingerprint density at radius 3 is 2.83 bits per heavy atom. The minimum atomic E-state index is 0.0352. The van der Waals surface area contributed by atoms with E-state index in [-0.39, 0.29) is 17.9 Å². The molecular weight excluding hydrogens is 226 g/mol. The van der Waals surface area contributed by atoms with E-state index in [1.807, 2.05) is 18.2 Å². The van der Waals surface area contributed by atoms with Crippen molar-refractivity contribution in [3.63, 3.8) is 0 Å². The molecule has 1 amide bonds. The summed E-state index contributed by atoms with van der Waals surface area (Å²) in [5.74, 6) is 0.169. The van der Waals surface area contributed by atoms with Crippen molar-refractivity contribution in [2.45, 2.75) is 32.2 Å². The average Bonchev–Trinajstić information content (AvgIpc) is 2.93. The van der Waals surface area contributed by atoms with Gasteiger partial charge in [0.25, 0.3) is 0 Å². The maximum Gasteiger partial charge on any atom is 0.226 e. The van der Waals surface area contributed by atoms with Crippen molar-refractivity contribution in [3.05, 3.63) is 35.9 Å². The highest BCUT2D eigenvalue weighted by molar-refractivity contribution is 5.79. The van der Waals surface area contributed by atoms with Gasteiger partial charge in [0.15, 0.2) is 0 Å². The molecule has 0 aromatic heterocycles. The van der Waals surface area contributed by atoms with Crippen LogP contribution < -0.4 is 5.32 Å². The molecule has 0 radical (unpaired) electrons. The standard InChI is InChI=1S/C15H21NO2/c1-2-6-14(12-7-4-3-5-8-12)16-15(17)13-9-10-18-11-13/h3-5,7-8,13-14H,2,6,9-11H2,1H3,(H,16,17). The first-order valence-corrected chi connectivity index (χ1v) is 6.74. The van der Waals surface area contributed by atoms with E-state index >= 15 is 0 Å². The lowest BCUT2D eigenvalue weighted by molar-refractivity contribution is -0.125. The fourth-order valence-electron chi connectivity index (χ4n) is 2.33. The van der Waals surface area contributed by atoms with E-state index in [0.29, 0.717) is 13.2 Å². The van der Waals surface area contributed by atoms with E-state index in [1.165, 1.54) is 5.56 Å². The molecule has 0 bridgehead atoms. The Labute approximate surface area is 109 Å². The van der Waals surface area contributed by atoms with Gasteiger partial charge in [0.2, 0.25) is 5.91 Å². The molecular formula is C15H21NO2. The Bertz CT molecular complexity index is 371. The summed E-state index contributed by atoms with van der Waals surface area (Å²) in [6, 6.07) is 10.3. The molecule has 2 unspecified atom stereocenters. The van der Waals surface area contributed by atoms with Gasteiger partial charge in [-0.2, -0.15) is 0 Å². The zero-order valence-corrected chi connectivity index (χ0v) is 10.9. The van der Waals surface area contributed by atoms with Crippen LogP contribution in [0.5, 0.6) is 0 Å². The molecule has 1 aliphatic heterocycles. The van der Waals surface area contributed by atoms with Crippen LogP contribution in [0.4, 0.5) is 0 Å². The number of ether oxygens (including phenoxy) is 1. The lowest BCUT2D eigenvalue weighted by Gasteiger charge is -2.20. The van der Waals surface area contributed by atoms with Crippen molar-refractivity contribution in [1.29, 1.82) is 0 Å². The zero-order valence-electron chi connectivity index (χ0n) is 10.9. The maximum atomic E-state index is 12.1. The van der Waals surface area contributed by atoms with Gasteiger partial charge in [-0.1, -0.05) is 43.7 Å². The summed E-state index contributed by atoms with van der Waals surface area (Å²) in [6.07, 6.45) is 2.88. The molecule has 1 aliphatic rings. The number of benzene rings is 1. The fourth-order valence-corrected chi connectivity index (χ4v) is 2.33. The van der Waals surface area contributed by atoms with E-state index in [1.54, 1.807) is 0 Å². The van der Waals surface area contributed by atoms with Gasteiger partial charge < -0.3 is 10.1 Å². The topological polar surface area (TPSA) is 38.3 Å². The second-order valence-corrected chi connectivity index (χ2v) is 4.82. The highest BCUT2D eigenvalue weighted by Crippen LogP contribution is 2.20. The summed E-state index contributed by atoms with van der Waals surface area (Å²) >= 11 is 0. The predicted octanol–water partition coefficient (Wildman–Crippen LogP) is 2.68. The van der Waals surface area contributed by atoms with Crippen LogP contribution in [0.15, 0.2) is 30.3 Å². The van der Waals surface area contributed by atoms with Gasteiger partial charge in [-0.05, 0) is 18.4 Å². The minimum Gasteiger partial charge on any atom is -0.381 e. The highest BCUT2D eigenvalue weighted by atomic mass is 16.5. The molecule has 1 saturated heterocycles. The highest BCUT2D eigenvalue weighted by Gasteiger charge is 2.25. The van der Waals surface area contributed by atoms with Crippen molar-refractivity contribution in [2.24, 2.45) is 5.92 Å². The molecule has 98 valence electrons. The largest absolute Gasteiger partial charge is 0.381 e. The first kappa shape index (κ1) is 13.1. The quantitative estimate of drug-likeness (QED) is 0.868. The lowest BCUT2D eigenvalue weighted by atomic mass is 10.0. The van der Waals surface area contributed by atoms with E-state index in [9.17, 15) is 4.79 Å². The molecule has 2 atom stereocenters. The summed E-state index contributed by atoms with van der Waals surface area (Å²) in [5, 5.41) is 3.16. The van der Waals surface area contributed by atoms with E-state index < -0.39 is 0 Å². The van der Waals surface area contributed by atoms with Gasteiger partial charge >= 0.3 is 0 Å². The van der Waals surface area contributed by atoms with Crippen molar-refractivity contribution in [1.82, 2.24) is 5.32 Å². The van der Waals surface area contributed by atoms with Gasteiger partial charge in [-0.25, -0.2) is 0 Å². The van der Waals surface area contributed by atoms with Crippen LogP contribution in [-0.4, -0.2) is 19.1 Å². The lowest BCUT2D eigenvalue weighted by Crippen LogP contribution is -2.34. The predicted molar refractivity (Wildman–Crippen MR) is 71.2 cm³/mol. The molecule has 2 rings (SSSR count). The van der Waals surface area contributed by atoms with Crippen LogP contribution >= 0.6 is 0 Å². The number of hydrogen-bond donors (Lipinski definition) is 1. The Morgan fingerprint density at radius 2 is 2.22 bits per heavy atom. The second kappa shape index (κ2) is 6.55. The smallest absolute Gasteiger partial charge is 0.226 e. The Balaban J connectivity index is 1.99. The molecule has 1 heterocycles. The van der Waals surface area contributed by atoms with Crippen LogP contribution in [0.25, 0.3) is 0 Å². The van der Waals surface area contributed by atoms with Crippen LogP contribution in [0, 0.1) is 5.92 Å². The zero-order chi connectivity index (χ0) is 12.8. The Morgan fingerprint density at radius 1 is 1.44 bits per heavy atom. The van der Waals surface area contributed by atoms with Gasteiger partial charge in [0.1, 0.15) is 0 Å². The Kier molecular flexibility index (Phi) is 4.76. The maximum absolute atomic E-state index is 12.1. The summed E-state index contributed by atoms with van der Waals surface area (Å²) < 4.78 is 5.26. The van der Waals surface area contributed by atoms with E-state index in [4.69, 9.17) is 4.74 Å². The molecule has 1 N–H and O–H groups in total. The van der Waals surface area contributed by atoms with E-state index in [2.05, 4.69) is 24.4 Å². The average molecular weight is 247 g/mol. The SMILES string of the molecule is CCCC(NC(=O)C1CCOC1)c1ccccc1. The second-order valence-electron chi connectivity index (χ2n) is 4.82. The third kappa shape index (κ3) is 3.33. The number of nitrogens with one attached hydrogen (secondary N) is 1. The van der Waals surface area contributed by atoms with Gasteiger partial charge in [0, 0.05) is 6.61 Å². The minimum absolute atomic E-state index is 0.0352. The van der Waals surface area contributed by atoms with Crippen LogP contribution in [0.1, 0.15) is 37.8 Å². The molecule has 0 aliphatic carbocycles. The fraction of sp³-hybridized carbons (Fsp3) is 0.533. The van der Waals surface area contributed by atoms with Gasteiger partial charge in [0.05, 0.1) is 18.6 Å². The number of hydrogen-bond acceptors (Lipinski definition) is 2. The molecule has 3 heteroatoms. The van der Waals surface area contributed by atoms with E-state index in [0.717, 1.165) is 19.3 Å². The summed E-state index contributed by atoms with van der Waals surface area (Å²) in [6.45, 7) is 3.42. The van der Waals surface area contributed by atoms with Crippen molar-refractivity contribution < 1.29 is 9.53 Å². The van der Waals surface area contributed by atoms with Crippen molar-refractivity contribution in [2.75, 3.05) is 13.2 Å². The van der Waals surface area contributed by atoms with Crippen molar-refractivity contribution in [3.8, 4) is 0 Å². The van der Waals surface area contributed by atoms with Crippen LogP contribution in [-0.2, 0) is 9.53 Å². The molecule has 1 fully saturated rings. The third-order valence-corrected chi connectivity index (χ3v) is 3.40. The molecule has 1 aromatic rings. The number of carbonyl (C=O) groups excluding carboxylic acids is 1. The summed E-state index contributed by atoms with van der Waals surface area (Å²) in [7, 11) is 0. The summed E-state index contributed by atoms with van der Waals surface area (Å²) in [4.78, 5) is 12.1. The van der Waals surface area contributed by atoms with Crippen molar-refractivity contribution >= 4 is 5.91 Å². The van der Waals surface area contributed by atoms with Gasteiger partial charge in [-0.3, -0.25) is 4.79 Å². The number of amides is 1. The first-order chi connectivity index (χ1) is 8.81. The molecule has 1 aromatic carbocycles. The monoisotopic (exact) mass is 247 g/mol. The Hall–Kier alpha value is -1.35. The first-order valence-electron chi connectivity index (χ1n) is 6.74.